The molecule has 1 aliphatic heterocycles. The molecule has 0 spiro atoms. The quantitative estimate of drug-likeness (QED) is 0.469. The smallest absolute Gasteiger partial charge is 0.308 e. The predicted octanol–water partition coefficient (Wildman–Crippen LogP) is 2.30. The third kappa shape index (κ3) is 7.24. The van der Waals surface area contributed by atoms with Gasteiger partial charge in [0.25, 0.3) is 0 Å². The maximum Gasteiger partial charge on any atom is 0.308 e. The molecular formula is C25H28F2N6O2. The van der Waals surface area contributed by atoms with Crippen LogP contribution in [-0.2, 0) is 17.8 Å². The summed E-state index contributed by atoms with van der Waals surface area (Å²) in [6, 6.07) is 9.69. The van der Waals surface area contributed by atoms with Crippen molar-refractivity contribution in [3.05, 3.63) is 71.9 Å². The molecule has 0 bridgehead atoms. The molecule has 3 aromatic rings. The monoisotopic (exact) mass is 482 g/mol. The first-order chi connectivity index (χ1) is 17.0. The van der Waals surface area contributed by atoms with Gasteiger partial charge in [0.2, 0.25) is 5.91 Å². The molecule has 1 aliphatic rings. The Hall–Kier alpha value is -3.50. The third-order valence-electron chi connectivity index (χ3n) is 5.83. The fourth-order valence-corrected chi connectivity index (χ4v) is 3.75. The van der Waals surface area contributed by atoms with E-state index in [1.165, 1.54) is 18.3 Å². The van der Waals surface area contributed by atoms with Gasteiger partial charge in [0.05, 0.1) is 24.4 Å². The zero-order valence-corrected chi connectivity index (χ0v) is 19.6. The van der Waals surface area contributed by atoms with Crippen molar-refractivity contribution in [2.45, 2.75) is 13.0 Å². The molecule has 1 aromatic carbocycles. The van der Waals surface area contributed by atoms with E-state index >= 15 is 0 Å². The Labute approximate surface area is 203 Å². The average molecular weight is 483 g/mol. The number of ether oxygens (including phenoxy) is 1. The average Bonchev–Trinajstić information content (AvgIpc) is 2.85. The summed E-state index contributed by atoms with van der Waals surface area (Å²) in [6.07, 6.45) is 2.08. The number of carbonyl (C=O) groups is 1. The van der Waals surface area contributed by atoms with Gasteiger partial charge in [-0.2, -0.15) is 4.39 Å². The Bertz CT molecular complexity index is 1140. The van der Waals surface area contributed by atoms with Crippen molar-refractivity contribution in [1.82, 2.24) is 30.1 Å². The SMILES string of the molecule is CN1CCN(CCOc2ccc(-c3ccc(CC(=O)NCc4ccnc(F)n4)cn3)c(F)c2)CC1. The van der Waals surface area contributed by atoms with Crippen LogP contribution < -0.4 is 10.1 Å². The molecule has 0 atom stereocenters. The number of nitrogens with one attached hydrogen (secondary N) is 1. The Kier molecular flexibility index (Phi) is 8.27. The first-order valence-electron chi connectivity index (χ1n) is 11.5. The highest BCUT2D eigenvalue weighted by Crippen LogP contribution is 2.25. The Morgan fingerprint density at radius 1 is 1.09 bits per heavy atom. The zero-order chi connectivity index (χ0) is 24.6. The summed E-state index contributed by atoms with van der Waals surface area (Å²) >= 11 is 0. The molecule has 10 heteroatoms. The fourth-order valence-electron chi connectivity index (χ4n) is 3.75. The first kappa shape index (κ1) is 24.6. The maximum atomic E-state index is 14.7. The molecule has 0 aliphatic carbocycles. The molecule has 1 saturated heterocycles. The summed E-state index contributed by atoms with van der Waals surface area (Å²) in [6.45, 7) is 5.53. The second-order valence-corrected chi connectivity index (χ2v) is 8.46. The fraction of sp³-hybridized carbons (Fsp3) is 0.360. The standard InChI is InChI=1S/C25H28F2N6O2/c1-32-8-10-33(11-9-32)12-13-35-20-3-4-21(22(26)15-20)23-5-2-18(16-29-23)14-24(34)30-17-19-6-7-28-25(27)31-19/h2-7,15-16H,8-14,17H2,1H3,(H,30,34). The molecule has 1 N–H and O–H groups in total. The van der Waals surface area contributed by atoms with E-state index in [1.54, 1.807) is 30.5 Å². The molecule has 1 amide bonds. The van der Waals surface area contributed by atoms with Crippen molar-refractivity contribution in [3.63, 3.8) is 0 Å². The van der Waals surface area contributed by atoms with Crippen LogP contribution in [-0.4, -0.2) is 77.0 Å². The van der Waals surface area contributed by atoms with Gasteiger partial charge in [0, 0.05) is 56.7 Å². The van der Waals surface area contributed by atoms with Crippen molar-refractivity contribution in [3.8, 4) is 17.0 Å². The van der Waals surface area contributed by atoms with Crippen molar-refractivity contribution in [1.29, 1.82) is 0 Å². The van der Waals surface area contributed by atoms with Gasteiger partial charge in [0.15, 0.2) is 0 Å². The van der Waals surface area contributed by atoms with Crippen LogP contribution in [0.4, 0.5) is 8.78 Å². The Balaban J connectivity index is 1.26. The number of halogens is 2. The molecular weight excluding hydrogens is 454 g/mol. The lowest BCUT2D eigenvalue weighted by Gasteiger charge is -2.32. The molecule has 3 heterocycles. The van der Waals surface area contributed by atoms with E-state index in [0.29, 0.717) is 34.9 Å². The molecule has 0 unspecified atom stereocenters. The number of piperazine rings is 1. The number of amides is 1. The van der Waals surface area contributed by atoms with E-state index < -0.39 is 11.9 Å². The number of hydrogen-bond acceptors (Lipinski definition) is 7. The largest absolute Gasteiger partial charge is 0.492 e. The van der Waals surface area contributed by atoms with E-state index in [-0.39, 0.29) is 18.9 Å². The maximum absolute atomic E-state index is 14.7. The van der Waals surface area contributed by atoms with Crippen molar-refractivity contribution >= 4 is 5.91 Å². The van der Waals surface area contributed by atoms with E-state index in [0.717, 1.165) is 32.7 Å². The number of rotatable bonds is 9. The van der Waals surface area contributed by atoms with Gasteiger partial charge < -0.3 is 15.0 Å². The van der Waals surface area contributed by atoms with Crippen LogP contribution in [0.1, 0.15) is 11.3 Å². The Morgan fingerprint density at radius 2 is 1.91 bits per heavy atom. The zero-order valence-electron chi connectivity index (χ0n) is 19.6. The number of pyridine rings is 1. The topological polar surface area (TPSA) is 83.5 Å². The number of hydrogen-bond donors (Lipinski definition) is 1. The summed E-state index contributed by atoms with van der Waals surface area (Å²) < 4.78 is 33.5. The lowest BCUT2D eigenvalue weighted by Crippen LogP contribution is -2.45. The minimum absolute atomic E-state index is 0.0867. The van der Waals surface area contributed by atoms with Gasteiger partial charge >= 0.3 is 6.08 Å². The minimum Gasteiger partial charge on any atom is -0.492 e. The van der Waals surface area contributed by atoms with Crippen LogP contribution >= 0.6 is 0 Å². The second-order valence-electron chi connectivity index (χ2n) is 8.46. The van der Waals surface area contributed by atoms with Crippen LogP contribution in [0, 0.1) is 11.9 Å². The van der Waals surface area contributed by atoms with Crippen LogP contribution in [0.25, 0.3) is 11.3 Å². The number of carbonyl (C=O) groups excluding carboxylic acids is 1. The highest BCUT2D eigenvalue weighted by atomic mass is 19.1. The Morgan fingerprint density at radius 3 is 2.63 bits per heavy atom. The van der Waals surface area contributed by atoms with E-state index in [4.69, 9.17) is 4.74 Å². The van der Waals surface area contributed by atoms with Crippen molar-refractivity contribution in [2.75, 3.05) is 46.4 Å². The highest BCUT2D eigenvalue weighted by molar-refractivity contribution is 5.78. The van der Waals surface area contributed by atoms with Gasteiger partial charge in [-0.15, -0.1) is 0 Å². The van der Waals surface area contributed by atoms with Gasteiger partial charge in [-0.05, 0) is 36.9 Å². The molecule has 8 nitrogen and oxygen atoms in total. The van der Waals surface area contributed by atoms with Gasteiger partial charge in [-0.3, -0.25) is 14.7 Å². The van der Waals surface area contributed by atoms with Crippen LogP contribution in [0.15, 0.2) is 48.8 Å². The normalized spacial score (nSPS) is 14.6. The van der Waals surface area contributed by atoms with Gasteiger partial charge in [-0.1, -0.05) is 6.07 Å². The predicted molar refractivity (Wildman–Crippen MR) is 127 cm³/mol. The van der Waals surface area contributed by atoms with Gasteiger partial charge in [-0.25, -0.2) is 14.4 Å². The number of benzene rings is 1. The third-order valence-corrected chi connectivity index (χ3v) is 5.83. The summed E-state index contributed by atoms with van der Waals surface area (Å²) in [5.74, 6) is -0.197. The summed E-state index contributed by atoms with van der Waals surface area (Å²) in [5.41, 5.74) is 1.87. The number of likely N-dealkylation sites (N-methyl/N-ethyl adjacent to an activating group) is 1. The lowest BCUT2D eigenvalue weighted by molar-refractivity contribution is -0.120. The van der Waals surface area contributed by atoms with Crippen molar-refractivity contribution in [2.24, 2.45) is 0 Å². The van der Waals surface area contributed by atoms with E-state index in [2.05, 4.69) is 37.1 Å². The highest BCUT2D eigenvalue weighted by Gasteiger charge is 2.14. The molecule has 184 valence electrons. The first-order valence-corrected chi connectivity index (χ1v) is 11.5. The van der Waals surface area contributed by atoms with Crippen LogP contribution in [0.2, 0.25) is 0 Å². The second kappa shape index (κ2) is 11.8. The number of nitrogens with zero attached hydrogens (tertiary/aromatic N) is 5. The molecule has 2 aromatic heterocycles. The summed E-state index contributed by atoms with van der Waals surface area (Å²) in [4.78, 5) is 28.1. The molecule has 0 saturated carbocycles. The summed E-state index contributed by atoms with van der Waals surface area (Å²) in [5, 5.41) is 2.67. The molecule has 35 heavy (non-hydrogen) atoms. The van der Waals surface area contributed by atoms with Crippen molar-refractivity contribution < 1.29 is 18.3 Å². The number of aromatic nitrogens is 3. The minimum atomic E-state index is -0.839. The molecule has 4 rings (SSSR count). The van der Waals surface area contributed by atoms with E-state index in [1.807, 2.05) is 0 Å². The molecule has 1 fully saturated rings. The van der Waals surface area contributed by atoms with Crippen LogP contribution in [0.3, 0.4) is 0 Å². The molecule has 0 radical (unpaired) electrons. The summed E-state index contributed by atoms with van der Waals surface area (Å²) in [7, 11) is 2.12. The lowest BCUT2D eigenvalue weighted by atomic mass is 10.1. The van der Waals surface area contributed by atoms with Gasteiger partial charge in [0.1, 0.15) is 18.2 Å². The van der Waals surface area contributed by atoms with Crippen LogP contribution in [0.5, 0.6) is 5.75 Å². The van der Waals surface area contributed by atoms with E-state index in [9.17, 15) is 13.6 Å².